The topological polar surface area (TPSA) is 111 Å². The van der Waals surface area contributed by atoms with Gasteiger partial charge in [0.05, 0.1) is 17.6 Å². The smallest absolute Gasteiger partial charge is 0.237 e. The van der Waals surface area contributed by atoms with E-state index in [-0.39, 0.29) is 11.4 Å². The Morgan fingerprint density at radius 2 is 2.05 bits per heavy atom. The lowest BCUT2D eigenvalue weighted by molar-refractivity contribution is -0.122. The lowest BCUT2D eigenvalue weighted by atomic mass is 10.3. The second-order valence-electron chi connectivity index (χ2n) is 3.97. The molecule has 0 saturated carbocycles. The maximum Gasteiger partial charge on any atom is 0.237 e. The van der Waals surface area contributed by atoms with Gasteiger partial charge in [0.25, 0.3) is 0 Å². The molecule has 0 aromatic rings. The van der Waals surface area contributed by atoms with Crippen molar-refractivity contribution in [2.75, 3.05) is 20.3 Å². The summed E-state index contributed by atoms with van der Waals surface area (Å²) >= 11 is 4.71. The van der Waals surface area contributed by atoms with Crippen LogP contribution in [0.15, 0.2) is 0 Å². The van der Waals surface area contributed by atoms with Crippen LogP contribution in [-0.2, 0) is 19.6 Å². The van der Waals surface area contributed by atoms with Gasteiger partial charge in [-0.05, 0) is 13.3 Å². The molecule has 0 aliphatic carbocycles. The molecule has 7 nitrogen and oxygen atoms in total. The second kappa shape index (κ2) is 8.41. The Bertz CT molecular complexity index is 411. The Morgan fingerprint density at radius 3 is 2.47 bits per heavy atom. The number of nitrogens with two attached hydrogens (primary N) is 1. The van der Waals surface area contributed by atoms with Crippen LogP contribution in [-0.4, -0.2) is 50.9 Å². The molecule has 2 unspecified atom stereocenters. The molecule has 2 atom stereocenters. The van der Waals surface area contributed by atoms with E-state index in [0.29, 0.717) is 13.2 Å². The van der Waals surface area contributed by atoms with Crippen molar-refractivity contribution in [3.8, 4) is 0 Å². The largest absolute Gasteiger partial charge is 0.392 e. The zero-order valence-corrected chi connectivity index (χ0v) is 12.9. The third-order valence-electron chi connectivity index (χ3n) is 2.40. The van der Waals surface area contributed by atoms with Crippen molar-refractivity contribution in [1.82, 2.24) is 10.0 Å². The number of amides is 1. The fourth-order valence-electron chi connectivity index (χ4n) is 1.38. The van der Waals surface area contributed by atoms with Crippen molar-refractivity contribution in [3.63, 3.8) is 0 Å². The quantitative estimate of drug-likeness (QED) is 0.377. The summed E-state index contributed by atoms with van der Waals surface area (Å²) in [4.78, 5) is 11.5. The van der Waals surface area contributed by atoms with Gasteiger partial charge in [0, 0.05) is 13.7 Å². The molecule has 0 saturated heterocycles. The Labute approximate surface area is 119 Å². The molecule has 0 aromatic carbocycles. The van der Waals surface area contributed by atoms with Gasteiger partial charge < -0.3 is 15.8 Å². The summed E-state index contributed by atoms with van der Waals surface area (Å²) in [6, 6.07) is -0.898. The lowest BCUT2D eigenvalue weighted by Crippen LogP contribution is -2.50. The van der Waals surface area contributed by atoms with Crippen molar-refractivity contribution in [2.45, 2.75) is 31.6 Å². The number of carbonyl (C=O) groups is 1. The number of hydrogen-bond acceptors (Lipinski definition) is 5. The monoisotopic (exact) mass is 311 g/mol. The number of nitrogens with one attached hydrogen (secondary N) is 2. The summed E-state index contributed by atoms with van der Waals surface area (Å²) in [5.41, 5.74) is 5.38. The van der Waals surface area contributed by atoms with Gasteiger partial charge in [0.2, 0.25) is 15.9 Å². The third-order valence-corrected chi connectivity index (χ3v) is 4.85. The molecule has 112 valence electrons. The Balaban J connectivity index is 4.57. The number of hydrogen-bond donors (Lipinski definition) is 3. The highest BCUT2D eigenvalue weighted by Gasteiger charge is 2.29. The van der Waals surface area contributed by atoms with Crippen molar-refractivity contribution < 1.29 is 17.9 Å². The molecule has 1 amide bonds. The van der Waals surface area contributed by atoms with Crippen LogP contribution in [0, 0.1) is 0 Å². The van der Waals surface area contributed by atoms with Crippen LogP contribution < -0.4 is 15.8 Å². The number of ether oxygens (including phenoxy) is 1. The fraction of sp³-hybridized carbons (Fsp3) is 0.800. The van der Waals surface area contributed by atoms with Crippen molar-refractivity contribution in [2.24, 2.45) is 5.73 Å². The SMILES string of the molecule is CCC(C(N)=S)S(=O)(=O)NC(C)C(=O)NCCOC. The second-order valence-corrected chi connectivity index (χ2v) is 6.33. The average molecular weight is 311 g/mol. The highest BCUT2D eigenvalue weighted by molar-refractivity contribution is 7.93. The molecular formula is C10H21N3O4S2. The zero-order chi connectivity index (χ0) is 15.1. The van der Waals surface area contributed by atoms with Gasteiger partial charge in [-0.2, -0.15) is 0 Å². The Hall–Kier alpha value is -0.770. The van der Waals surface area contributed by atoms with Crippen LogP contribution in [0.1, 0.15) is 20.3 Å². The minimum absolute atomic E-state index is 0.109. The third kappa shape index (κ3) is 6.28. The van der Waals surface area contributed by atoms with Crippen LogP contribution in [0.3, 0.4) is 0 Å². The first-order valence-corrected chi connectivity index (χ1v) is 7.78. The van der Waals surface area contributed by atoms with Gasteiger partial charge in [-0.1, -0.05) is 19.1 Å². The Morgan fingerprint density at radius 1 is 1.47 bits per heavy atom. The minimum Gasteiger partial charge on any atom is -0.392 e. The van der Waals surface area contributed by atoms with Crippen LogP contribution in [0.25, 0.3) is 0 Å². The summed E-state index contributed by atoms with van der Waals surface area (Å²) in [6.07, 6.45) is 0.253. The fourth-order valence-corrected chi connectivity index (χ4v) is 3.44. The van der Waals surface area contributed by atoms with Gasteiger partial charge in [0.1, 0.15) is 5.25 Å². The van der Waals surface area contributed by atoms with E-state index in [2.05, 4.69) is 10.0 Å². The van der Waals surface area contributed by atoms with Crippen LogP contribution in [0.2, 0.25) is 0 Å². The Kier molecular flexibility index (Phi) is 8.07. The first-order valence-electron chi connectivity index (χ1n) is 5.83. The minimum atomic E-state index is -3.75. The van der Waals surface area contributed by atoms with E-state index < -0.39 is 27.2 Å². The summed E-state index contributed by atoms with van der Waals surface area (Å²) in [5.74, 6) is -0.432. The van der Waals surface area contributed by atoms with E-state index in [1.165, 1.54) is 14.0 Å². The summed E-state index contributed by atoms with van der Waals surface area (Å²) < 4.78 is 31.0. The normalized spacial score (nSPS) is 14.7. The summed E-state index contributed by atoms with van der Waals surface area (Å²) in [7, 11) is -2.25. The van der Waals surface area contributed by atoms with E-state index in [1.54, 1.807) is 6.92 Å². The van der Waals surface area contributed by atoms with E-state index in [0.717, 1.165) is 0 Å². The molecule has 19 heavy (non-hydrogen) atoms. The molecule has 0 heterocycles. The highest BCUT2D eigenvalue weighted by Crippen LogP contribution is 2.05. The molecule has 0 bridgehead atoms. The molecule has 0 aliphatic heterocycles. The number of rotatable bonds is 9. The van der Waals surface area contributed by atoms with Crippen LogP contribution in [0.4, 0.5) is 0 Å². The number of carbonyl (C=O) groups excluding carboxylic acids is 1. The predicted octanol–water partition coefficient (Wildman–Crippen LogP) is -0.878. The molecule has 0 spiro atoms. The van der Waals surface area contributed by atoms with Crippen LogP contribution in [0.5, 0.6) is 0 Å². The molecule has 0 radical (unpaired) electrons. The lowest BCUT2D eigenvalue weighted by Gasteiger charge is -2.19. The van der Waals surface area contributed by atoms with Crippen molar-refractivity contribution in [3.05, 3.63) is 0 Å². The first-order chi connectivity index (χ1) is 8.76. The predicted molar refractivity (Wildman–Crippen MR) is 77.3 cm³/mol. The van der Waals surface area contributed by atoms with E-state index in [4.69, 9.17) is 22.7 Å². The molecule has 0 aromatic heterocycles. The van der Waals surface area contributed by atoms with Gasteiger partial charge in [-0.15, -0.1) is 0 Å². The maximum absolute atomic E-state index is 12.0. The molecule has 0 aliphatic rings. The summed E-state index contributed by atoms with van der Waals surface area (Å²) in [6.45, 7) is 3.78. The number of thiocarbonyl (C=S) groups is 1. The molecule has 0 fully saturated rings. The average Bonchev–Trinajstić information content (AvgIpc) is 2.28. The van der Waals surface area contributed by atoms with Gasteiger partial charge >= 0.3 is 0 Å². The van der Waals surface area contributed by atoms with E-state index >= 15 is 0 Å². The zero-order valence-electron chi connectivity index (χ0n) is 11.3. The molecule has 0 rings (SSSR count). The molecule has 9 heteroatoms. The van der Waals surface area contributed by atoms with E-state index in [9.17, 15) is 13.2 Å². The van der Waals surface area contributed by atoms with Gasteiger partial charge in [-0.3, -0.25) is 4.79 Å². The first kappa shape index (κ1) is 18.2. The maximum atomic E-state index is 12.0. The molecule has 4 N–H and O–H groups in total. The van der Waals surface area contributed by atoms with Crippen LogP contribution >= 0.6 is 12.2 Å². The van der Waals surface area contributed by atoms with Gasteiger partial charge in [0.15, 0.2) is 0 Å². The van der Waals surface area contributed by atoms with E-state index in [1.807, 2.05) is 0 Å². The van der Waals surface area contributed by atoms with Crippen molar-refractivity contribution >= 4 is 33.1 Å². The summed E-state index contributed by atoms with van der Waals surface area (Å²) in [5, 5.41) is 1.56. The number of methoxy groups -OCH3 is 1. The number of sulfonamides is 1. The van der Waals surface area contributed by atoms with Gasteiger partial charge in [-0.25, -0.2) is 13.1 Å². The highest BCUT2D eigenvalue weighted by atomic mass is 32.2. The van der Waals surface area contributed by atoms with Crippen molar-refractivity contribution in [1.29, 1.82) is 0 Å². The molecular weight excluding hydrogens is 290 g/mol. The standard InChI is InChI=1S/C10H21N3O4S2/c1-4-8(9(11)18)19(15,16)13-7(2)10(14)12-5-6-17-3/h7-8,13H,4-6H2,1-3H3,(H2,11,18)(H,12,14).